The molecule has 2 unspecified atom stereocenters. The molecule has 0 radical (unpaired) electrons. The first-order valence-electron chi connectivity index (χ1n) is 5.61. The molecule has 0 aromatic heterocycles. The number of hydrogen-bond acceptors (Lipinski definition) is 4. The van der Waals surface area contributed by atoms with Crippen LogP contribution in [0.1, 0.15) is 27.2 Å². The number of methoxy groups -OCH3 is 1. The standard InChI is InChI=1S/C11H24N2O3/c1-5-11(3,8-14)12-6-10(15)13-9(2)7-16-4/h9,12,14H,5-8H2,1-4H3,(H,13,15). The van der Waals surface area contributed by atoms with E-state index in [1.807, 2.05) is 20.8 Å². The molecular weight excluding hydrogens is 208 g/mol. The Morgan fingerprint density at radius 2 is 2.19 bits per heavy atom. The summed E-state index contributed by atoms with van der Waals surface area (Å²) in [5.41, 5.74) is -0.387. The highest BCUT2D eigenvalue weighted by Gasteiger charge is 2.21. The van der Waals surface area contributed by atoms with Gasteiger partial charge in [0, 0.05) is 18.7 Å². The number of aliphatic hydroxyl groups excluding tert-OH is 1. The molecule has 5 heteroatoms. The zero-order valence-corrected chi connectivity index (χ0v) is 10.7. The molecule has 96 valence electrons. The van der Waals surface area contributed by atoms with Gasteiger partial charge in [0.25, 0.3) is 0 Å². The average Bonchev–Trinajstić information content (AvgIpc) is 2.26. The van der Waals surface area contributed by atoms with E-state index >= 15 is 0 Å². The Kier molecular flexibility index (Phi) is 7.29. The fourth-order valence-electron chi connectivity index (χ4n) is 1.20. The SMILES string of the molecule is CCC(C)(CO)NCC(=O)NC(C)COC. The van der Waals surface area contributed by atoms with Crippen molar-refractivity contribution >= 4 is 5.91 Å². The van der Waals surface area contributed by atoms with E-state index in [1.165, 1.54) is 0 Å². The molecule has 0 saturated carbocycles. The van der Waals surface area contributed by atoms with Crippen molar-refractivity contribution in [3.63, 3.8) is 0 Å². The molecule has 0 aliphatic rings. The van der Waals surface area contributed by atoms with Crippen LogP contribution in [0.5, 0.6) is 0 Å². The first-order chi connectivity index (χ1) is 7.47. The Balaban J connectivity index is 3.88. The van der Waals surface area contributed by atoms with Gasteiger partial charge in [0.15, 0.2) is 0 Å². The first-order valence-corrected chi connectivity index (χ1v) is 5.61. The first kappa shape index (κ1) is 15.3. The lowest BCUT2D eigenvalue weighted by atomic mass is 10.0. The lowest BCUT2D eigenvalue weighted by Gasteiger charge is -2.27. The normalized spacial score (nSPS) is 16.6. The molecule has 1 amide bonds. The molecule has 0 aliphatic carbocycles. The number of ether oxygens (including phenoxy) is 1. The molecule has 16 heavy (non-hydrogen) atoms. The van der Waals surface area contributed by atoms with E-state index in [0.717, 1.165) is 6.42 Å². The monoisotopic (exact) mass is 232 g/mol. The van der Waals surface area contributed by atoms with Crippen LogP contribution in [0, 0.1) is 0 Å². The van der Waals surface area contributed by atoms with E-state index < -0.39 is 0 Å². The molecule has 0 fully saturated rings. The van der Waals surface area contributed by atoms with Crippen LogP contribution in [0.15, 0.2) is 0 Å². The fraction of sp³-hybridized carbons (Fsp3) is 0.909. The largest absolute Gasteiger partial charge is 0.394 e. The van der Waals surface area contributed by atoms with Crippen molar-refractivity contribution in [2.75, 3.05) is 26.9 Å². The van der Waals surface area contributed by atoms with Crippen LogP contribution >= 0.6 is 0 Å². The van der Waals surface area contributed by atoms with Gasteiger partial charge in [0.05, 0.1) is 19.8 Å². The topological polar surface area (TPSA) is 70.6 Å². The zero-order chi connectivity index (χ0) is 12.6. The maximum Gasteiger partial charge on any atom is 0.234 e. The average molecular weight is 232 g/mol. The highest BCUT2D eigenvalue weighted by Crippen LogP contribution is 2.06. The predicted molar refractivity (Wildman–Crippen MR) is 63.3 cm³/mol. The molecule has 2 atom stereocenters. The van der Waals surface area contributed by atoms with Crippen molar-refractivity contribution in [2.45, 2.75) is 38.8 Å². The van der Waals surface area contributed by atoms with E-state index in [1.54, 1.807) is 7.11 Å². The summed E-state index contributed by atoms with van der Waals surface area (Å²) in [6, 6.07) is 0.00121. The number of carbonyl (C=O) groups is 1. The van der Waals surface area contributed by atoms with Crippen LogP contribution in [-0.2, 0) is 9.53 Å². The van der Waals surface area contributed by atoms with Crippen LogP contribution < -0.4 is 10.6 Å². The number of hydrogen-bond donors (Lipinski definition) is 3. The van der Waals surface area contributed by atoms with Gasteiger partial charge in [-0.25, -0.2) is 0 Å². The summed E-state index contributed by atoms with van der Waals surface area (Å²) in [6.45, 7) is 6.46. The number of amides is 1. The third-order valence-corrected chi connectivity index (χ3v) is 2.63. The maximum absolute atomic E-state index is 11.5. The minimum atomic E-state index is -0.387. The Morgan fingerprint density at radius 1 is 1.56 bits per heavy atom. The second-order valence-corrected chi connectivity index (χ2v) is 4.35. The minimum absolute atomic E-state index is 0.00121. The molecule has 0 aromatic carbocycles. The van der Waals surface area contributed by atoms with Crippen LogP contribution in [0.3, 0.4) is 0 Å². The van der Waals surface area contributed by atoms with Crippen molar-refractivity contribution in [1.82, 2.24) is 10.6 Å². The lowest BCUT2D eigenvalue weighted by molar-refractivity contribution is -0.121. The van der Waals surface area contributed by atoms with Crippen molar-refractivity contribution in [2.24, 2.45) is 0 Å². The molecule has 0 heterocycles. The van der Waals surface area contributed by atoms with Gasteiger partial charge in [0.1, 0.15) is 0 Å². The molecule has 0 spiro atoms. The number of aliphatic hydroxyl groups is 1. The van der Waals surface area contributed by atoms with Crippen LogP contribution in [0.2, 0.25) is 0 Å². The number of rotatable bonds is 8. The highest BCUT2D eigenvalue weighted by atomic mass is 16.5. The molecule has 5 nitrogen and oxygen atoms in total. The Hall–Kier alpha value is -0.650. The third-order valence-electron chi connectivity index (χ3n) is 2.63. The van der Waals surface area contributed by atoms with E-state index in [-0.39, 0.29) is 30.6 Å². The van der Waals surface area contributed by atoms with Crippen molar-refractivity contribution in [3.8, 4) is 0 Å². The highest BCUT2D eigenvalue weighted by molar-refractivity contribution is 5.78. The summed E-state index contributed by atoms with van der Waals surface area (Å²) in [5.74, 6) is -0.0855. The second kappa shape index (κ2) is 7.60. The van der Waals surface area contributed by atoms with Gasteiger partial charge in [-0.05, 0) is 20.3 Å². The van der Waals surface area contributed by atoms with Gasteiger partial charge in [0.2, 0.25) is 5.91 Å². The molecule has 3 N–H and O–H groups in total. The Labute approximate surface area is 97.6 Å². The fourth-order valence-corrected chi connectivity index (χ4v) is 1.20. The van der Waals surface area contributed by atoms with E-state index in [0.29, 0.717) is 6.61 Å². The summed E-state index contributed by atoms with van der Waals surface area (Å²) in [6.07, 6.45) is 0.768. The van der Waals surface area contributed by atoms with Gasteiger partial charge in [-0.2, -0.15) is 0 Å². The molecule has 0 rings (SSSR count). The van der Waals surface area contributed by atoms with E-state index in [9.17, 15) is 4.79 Å². The van der Waals surface area contributed by atoms with E-state index in [4.69, 9.17) is 9.84 Å². The molecule has 0 aliphatic heterocycles. The minimum Gasteiger partial charge on any atom is -0.394 e. The zero-order valence-electron chi connectivity index (χ0n) is 10.7. The molecule has 0 saturated heterocycles. The van der Waals surface area contributed by atoms with Crippen LogP contribution in [0.4, 0.5) is 0 Å². The lowest BCUT2D eigenvalue weighted by Crippen LogP contribution is -2.50. The second-order valence-electron chi connectivity index (χ2n) is 4.35. The Bertz CT molecular complexity index is 205. The smallest absolute Gasteiger partial charge is 0.234 e. The van der Waals surface area contributed by atoms with Crippen molar-refractivity contribution in [3.05, 3.63) is 0 Å². The van der Waals surface area contributed by atoms with Crippen LogP contribution in [0.25, 0.3) is 0 Å². The molecular formula is C11H24N2O3. The predicted octanol–water partition coefficient (Wildman–Crippen LogP) is -0.112. The maximum atomic E-state index is 11.5. The summed E-state index contributed by atoms with van der Waals surface area (Å²) >= 11 is 0. The van der Waals surface area contributed by atoms with Crippen molar-refractivity contribution < 1.29 is 14.6 Å². The summed E-state index contributed by atoms with van der Waals surface area (Å²) < 4.78 is 4.92. The molecule has 0 aromatic rings. The third kappa shape index (κ3) is 6.05. The van der Waals surface area contributed by atoms with Crippen molar-refractivity contribution in [1.29, 1.82) is 0 Å². The number of carbonyl (C=O) groups excluding carboxylic acids is 1. The van der Waals surface area contributed by atoms with Gasteiger partial charge in [-0.15, -0.1) is 0 Å². The summed E-state index contributed by atoms with van der Waals surface area (Å²) in [4.78, 5) is 11.5. The van der Waals surface area contributed by atoms with E-state index in [2.05, 4.69) is 10.6 Å². The summed E-state index contributed by atoms with van der Waals surface area (Å²) in [5, 5.41) is 15.0. The number of nitrogens with one attached hydrogen (secondary N) is 2. The summed E-state index contributed by atoms with van der Waals surface area (Å²) in [7, 11) is 1.60. The van der Waals surface area contributed by atoms with Gasteiger partial charge < -0.3 is 20.5 Å². The molecule has 0 bridgehead atoms. The van der Waals surface area contributed by atoms with Gasteiger partial charge in [-0.3, -0.25) is 4.79 Å². The van der Waals surface area contributed by atoms with Gasteiger partial charge >= 0.3 is 0 Å². The van der Waals surface area contributed by atoms with Gasteiger partial charge in [-0.1, -0.05) is 6.92 Å². The van der Waals surface area contributed by atoms with Crippen LogP contribution in [-0.4, -0.2) is 49.5 Å². The Morgan fingerprint density at radius 3 is 2.62 bits per heavy atom. The quantitative estimate of drug-likeness (QED) is 0.546.